The van der Waals surface area contributed by atoms with Crippen LogP contribution in [0.5, 0.6) is 11.5 Å². The Balaban J connectivity index is 2.06. The highest BCUT2D eigenvalue weighted by molar-refractivity contribution is 7.16. The van der Waals surface area contributed by atoms with Gasteiger partial charge in [-0.2, -0.15) is 0 Å². The molecule has 1 unspecified atom stereocenters. The van der Waals surface area contributed by atoms with E-state index in [1.165, 1.54) is 11.3 Å². The van der Waals surface area contributed by atoms with Gasteiger partial charge in [-0.1, -0.05) is 17.7 Å². The van der Waals surface area contributed by atoms with Crippen molar-refractivity contribution in [1.29, 1.82) is 0 Å². The minimum Gasteiger partial charge on any atom is -0.507 e. The van der Waals surface area contributed by atoms with Gasteiger partial charge in [-0.15, -0.1) is 11.3 Å². The van der Waals surface area contributed by atoms with Gasteiger partial charge in [-0.05, 0) is 31.2 Å². The Morgan fingerprint density at radius 1 is 1.22 bits per heavy atom. The zero-order chi connectivity index (χ0) is 13.1. The molecule has 5 heteroatoms. The predicted molar refractivity (Wildman–Crippen MR) is 74.4 cm³/mol. The number of rotatable bonds is 4. The molecule has 0 aliphatic heterocycles. The molecule has 1 aromatic carbocycles. The summed E-state index contributed by atoms with van der Waals surface area (Å²) in [5.74, 6) is 0.193. The fourth-order valence-corrected chi connectivity index (χ4v) is 2.83. The maximum Gasteiger partial charge on any atom is 0.124 e. The van der Waals surface area contributed by atoms with Crippen LogP contribution in [0.3, 0.4) is 0 Å². The van der Waals surface area contributed by atoms with E-state index in [1.807, 2.05) is 19.1 Å². The topological polar surface area (TPSA) is 52.5 Å². The first-order chi connectivity index (χ1) is 8.58. The number of aromatic hydroxyl groups is 2. The molecule has 2 aromatic rings. The molecule has 1 atom stereocenters. The number of phenols is 2. The average molecular weight is 284 g/mol. The maximum absolute atomic E-state index is 9.74. The van der Waals surface area contributed by atoms with Crippen LogP contribution in [0, 0.1) is 0 Å². The molecule has 0 aliphatic carbocycles. The largest absolute Gasteiger partial charge is 0.507 e. The molecule has 18 heavy (non-hydrogen) atoms. The first-order valence-corrected chi connectivity index (χ1v) is 6.76. The van der Waals surface area contributed by atoms with Crippen LogP contribution in [-0.2, 0) is 6.54 Å². The van der Waals surface area contributed by atoms with Gasteiger partial charge in [0.1, 0.15) is 11.5 Å². The van der Waals surface area contributed by atoms with Gasteiger partial charge in [-0.3, -0.25) is 0 Å². The van der Waals surface area contributed by atoms with E-state index in [-0.39, 0.29) is 17.5 Å². The van der Waals surface area contributed by atoms with E-state index >= 15 is 0 Å². The van der Waals surface area contributed by atoms with Gasteiger partial charge in [-0.25, -0.2) is 0 Å². The second-order valence-electron chi connectivity index (χ2n) is 4.02. The van der Waals surface area contributed by atoms with Crippen LogP contribution in [0.2, 0.25) is 4.34 Å². The van der Waals surface area contributed by atoms with Gasteiger partial charge >= 0.3 is 0 Å². The number of thiophene rings is 1. The summed E-state index contributed by atoms with van der Waals surface area (Å²) in [7, 11) is 0. The minimum atomic E-state index is -0.146. The third kappa shape index (κ3) is 2.96. The van der Waals surface area contributed by atoms with E-state index in [9.17, 15) is 10.2 Å². The molecule has 3 nitrogen and oxygen atoms in total. The lowest BCUT2D eigenvalue weighted by atomic mass is 10.1. The summed E-state index contributed by atoms with van der Waals surface area (Å²) < 4.78 is 0.754. The van der Waals surface area contributed by atoms with Crippen LogP contribution < -0.4 is 5.32 Å². The van der Waals surface area contributed by atoms with Crippen molar-refractivity contribution in [3.63, 3.8) is 0 Å². The molecular weight excluding hydrogens is 270 g/mol. The predicted octanol–water partition coefficient (Wildman–Crippen LogP) is 3.66. The highest BCUT2D eigenvalue weighted by Gasteiger charge is 2.14. The number of hydrogen-bond donors (Lipinski definition) is 3. The van der Waals surface area contributed by atoms with Gasteiger partial charge in [0.25, 0.3) is 0 Å². The average Bonchev–Trinajstić information content (AvgIpc) is 2.72. The van der Waals surface area contributed by atoms with Crippen molar-refractivity contribution in [2.24, 2.45) is 0 Å². The van der Waals surface area contributed by atoms with Gasteiger partial charge in [0.2, 0.25) is 0 Å². The van der Waals surface area contributed by atoms with Crippen LogP contribution in [-0.4, -0.2) is 10.2 Å². The fourth-order valence-electron chi connectivity index (χ4n) is 1.79. The van der Waals surface area contributed by atoms with Crippen molar-refractivity contribution in [2.45, 2.75) is 19.5 Å². The third-order valence-electron chi connectivity index (χ3n) is 2.70. The molecule has 0 saturated heterocycles. The molecule has 3 N–H and O–H groups in total. The van der Waals surface area contributed by atoms with E-state index in [0.29, 0.717) is 12.1 Å². The molecule has 1 aromatic heterocycles. The fraction of sp³-hybridized carbons (Fsp3) is 0.231. The summed E-state index contributed by atoms with van der Waals surface area (Å²) >= 11 is 7.37. The molecular formula is C13H14ClNO2S. The second kappa shape index (κ2) is 5.61. The van der Waals surface area contributed by atoms with Crippen molar-refractivity contribution in [1.82, 2.24) is 5.32 Å². The Kier molecular flexibility index (Phi) is 4.11. The number of phenolic OH excluding ortho intramolecular Hbond substituents is 2. The summed E-state index contributed by atoms with van der Waals surface area (Å²) in [6.07, 6.45) is 0. The van der Waals surface area contributed by atoms with Crippen molar-refractivity contribution in [3.05, 3.63) is 45.1 Å². The summed E-state index contributed by atoms with van der Waals surface area (Å²) in [4.78, 5) is 1.11. The van der Waals surface area contributed by atoms with E-state index in [4.69, 9.17) is 11.6 Å². The number of hydrogen-bond acceptors (Lipinski definition) is 4. The standard InChI is InChI=1S/C13H14ClNO2S/c1-8(13-10(16)3-2-4-11(13)17)15-7-9-5-6-12(14)18-9/h2-6,8,15-17H,7H2,1H3. The number of halogens is 1. The van der Waals surface area contributed by atoms with Crippen LogP contribution in [0.25, 0.3) is 0 Å². The SMILES string of the molecule is CC(NCc1ccc(Cl)s1)c1c(O)cccc1O. The Morgan fingerprint density at radius 2 is 1.89 bits per heavy atom. The quantitative estimate of drug-likeness (QED) is 0.802. The summed E-state index contributed by atoms with van der Waals surface area (Å²) in [6, 6.07) is 8.40. The molecule has 0 saturated carbocycles. The molecule has 2 rings (SSSR count). The summed E-state index contributed by atoms with van der Waals surface area (Å²) in [5, 5.41) is 22.7. The Morgan fingerprint density at radius 3 is 2.44 bits per heavy atom. The monoisotopic (exact) mass is 283 g/mol. The maximum atomic E-state index is 9.74. The first-order valence-electron chi connectivity index (χ1n) is 5.56. The van der Waals surface area contributed by atoms with Gasteiger partial charge in [0.15, 0.2) is 0 Å². The highest BCUT2D eigenvalue weighted by atomic mass is 35.5. The molecule has 1 heterocycles. The second-order valence-corrected chi connectivity index (χ2v) is 5.82. The number of benzene rings is 1. The molecule has 0 radical (unpaired) electrons. The molecule has 0 bridgehead atoms. The highest BCUT2D eigenvalue weighted by Crippen LogP contribution is 2.32. The number of nitrogens with one attached hydrogen (secondary N) is 1. The lowest BCUT2D eigenvalue weighted by molar-refractivity contribution is 0.418. The summed E-state index contributed by atoms with van der Waals surface area (Å²) in [5.41, 5.74) is 0.514. The molecule has 0 fully saturated rings. The van der Waals surface area contributed by atoms with Crippen LogP contribution in [0.4, 0.5) is 0 Å². The van der Waals surface area contributed by atoms with E-state index in [0.717, 1.165) is 9.21 Å². The van der Waals surface area contributed by atoms with Crippen LogP contribution >= 0.6 is 22.9 Å². The lowest BCUT2D eigenvalue weighted by Gasteiger charge is -2.16. The van der Waals surface area contributed by atoms with Crippen LogP contribution in [0.1, 0.15) is 23.4 Å². The molecule has 0 spiro atoms. The Bertz CT molecular complexity index is 521. The van der Waals surface area contributed by atoms with Crippen molar-refractivity contribution < 1.29 is 10.2 Å². The smallest absolute Gasteiger partial charge is 0.124 e. The van der Waals surface area contributed by atoms with E-state index < -0.39 is 0 Å². The third-order valence-corrected chi connectivity index (χ3v) is 3.94. The van der Waals surface area contributed by atoms with Crippen molar-refractivity contribution in [2.75, 3.05) is 0 Å². The van der Waals surface area contributed by atoms with Crippen molar-refractivity contribution in [3.8, 4) is 11.5 Å². The minimum absolute atomic E-state index is 0.0965. The normalized spacial score (nSPS) is 12.6. The summed E-state index contributed by atoms with van der Waals surface area (Å²) in [6.45, 7) is 2.54. The van der Waals surface area contributed by atoms with Crippen molar-refractivity contribution >= 4 is 22.9 Å². The zero-order valence-corrected chi connectivity index (χ0v) is 11.4. The molecule has 96 valence electrons. The lowest BCUT2D eigenvalue weighted by Crippen LogP contribution is -2.17. The zero-order valence-electron chi connectivity index (χ0n) is 9.85. The molecule has 0 amide bonds. The van der Waals surface area contributed by atoms with Gasteiger partial charge in [0, 0.05) is 17.5 Å². The van der Waals surface area contributed by atoms with E-state index in [1.54, 1.807) is 18.2 Å². The Hall–Kier alpha value is -1.23. The Labute approximate surface area is 115 Å². The van der Waals surface area contributed by atoms with Crippen LogP contribution in [0.15, 0.2) is 30.3 Å². The first kappa shape index (κ1) is 13.2. The van der Waals surface area contributed by atoms with Gasteiger partial charge in [0.05, 0.1) is 9.90 Å². The molecule has 0 aliphatic rings. The van der Waals surface area contributed by atoms with E-state index in [2.05, 4.69) is 5.32 Å². The van der Waals surface area contributed by atoms with Gasteiger partial charge < -0.3 is 15.5 Å².